The molecule has 0 aromatic carbocycles. The van der Waals surface area contributed by atoms with Gasteiger partial charge in [-0.2, -0.15) is 0 Å². The van der Waals surface area contributed by atoms with Crippen molar-refractivity contribution in [2.45, 2.75) is 89.6 Å². The van der Waals surface area contributed by atoms with E-state index in [2.05, 4.69) is 39.8 Å². The molecule has 3 heterocycles. The van der Waals surface area contributed by atoms with Crippen LogP contribution < -0.4 is 0 Å². The SMILES string of the molecule is C/C1=C\[C@H]2O[C@](C)(CC[C@@H]2[C@@]2(C)CO2)[C@@H](O)CC/C(C)=C/CC1. The summed E-state index contributed by atoms with van der Waals surface area (Å²) in [6, 6.07) is 0. The van der Waals surface area contributed by atoms with Gasteiger partial charge in [0.05, 0.1) is 30.0 Å². The lowest BCUT2D eigenvalue weighted by Gasteiger charge is -2.46. The topological polar surface area (TPSA) is 42.0 Å². The molecule has 3 heteroatoms. The monoisotopic (exact) mass is 320 g/mol. The van der Waals surface area contributed by atoms with E-state index in [4.69, 9.17) is 9.47 Å². The summed E-state index contributed by atoms with van der Waals surface area (Å²) in [7, 11) is 0. The molecule has 2 fully saturated rings. The van der Waals surface area contributed by atoms with E-state index in [0.717, 1.165) is 45.1 Å². The van der Waals surface area contributed by atoms with Crippen LogP contribution in [0.15, 0.2) is 23.3 Å². The molecule has 0 spiro atoms. The number of allylic oxidation sites excluding steroid dienone is 3. The van der Waals surface area contributed by atoms with Gasteiger partial charge in [-0.1, -0.05) is 23.3 Å². The smallest absolute Gasteiger partial charge is 0.0944 e. The summed E-state index contributed by atoms with van der Waals surface area (Å²) < 4.78 is 12.2. The van der Waals surface area contributed by atoms with Gasteiger partial charge in [-0.25, -0.2) is 0 Å². The molecule has 3 aliphatic rings. The molecule has 3 aliphatic heterocycles. The second-order valence-corrected chi connectivity index (χ2v) is 8.30. The zero-order chi connectivity index (χ0) is 16.7. The Balaban J connectivity index is 1.87. The first-order valence-corrected chi connectivity index (χ1v) is 9.15. The third-order valence-corrected chi connectivity index (χ3v) is 6.13. The van der Waals surface area contributed by atoms with E-state index < -0.39 is 11.7 Å². The Morgan fingerprint density at radius 1 is 1.09 bits per heavy atom. The van der Waals surface area contributed by atoms with Crippen molar-refractivity contribution in [2.24, 2.45) is 5.92 Å². The Labute approximate surface area is 140 Å². The maximum Gasteiger partial charge on any atom is 0.0944 e. The van der Waals surface area contributed by atoms with Crippen molar-refractivity contribution in [3.05, 3.63) is 23.3 Å². The average Bonchev–Trinajstić information content (AvgIpc) is 3.22. The molecule has 0 unspecified atom stereocenters. The molecule has 23 heavy (non-hydrogen) atoms. The Morgan fingerprint density at radius 3 is 2.52 bits per heavy atom. The third kappa shape index (κ3) is 3.72. The molecule has 3 rings (SSSR count). The number of hydrogen-bond acceptors (Lipinski definition) is 3. The summed E-state index contributed by atoms with van der Waals surface area (Å²) in [4.78, 5) is 0. The highest BCUT2D eigenvalue weighted by Gasteiger charge is 2.54. The summed E-state index contributed by atoms with van der Waals surface area (Å²) in [5, 5.41) is 10.7. The fourth-order valence-electron chi connectivity index (χ4n) is 4.12. The van der Waals surface area contributed by atoms with Crippen LogP contribution in [0.4, 0.5) is 0 Å². The van der Waals surface area contributed by atoms with Gasteiger partial charge >= 0.3 is 0 Å². The summed E-state index contributed by atoms with van der Waals surface area (Å²) in [5.74, 6) is 0.401. The van der Waals surface area contributed by atoms with E-state index in [0.29, 0.717) is 5.92 Å². The Hall–Kier alpha value is -0.640. The molecule has 130 valence electrons. The zero-order valence-corrected chi connectivity index (χ0v) is 15.1. The molecule has 0 radical (unpaired) electrons. The zero-order valence-electron chi connectivity index (χ0n) is 15.1. The largest absolute Gasteiger partial charge is 0.390 e. The molecule has 0 amide bonds. The number of epoxide rings is 1. The summed E-state index contributed by atoms with van der Waals surface area (Å²) in [6.07, 6.45) is 10.1. The molecule has 5 atom stereocenters. The van der Waals surface area contributed by atoms with Gasteiger partial charge < -0.3 is 14.6 Å². The van der Waals surface area contributed by atoms with E-state index in [-0.39, 0.29) is 11.7 Å². The van der Waals surface area contributed by atoms with Crippen molar-refractivity contribution < 1.29 is 14.6 Å². The van der Waals surface area contributed by atoms with Gasteiger partial charge in [0.15, 0.2) is 0 Å². The Morgan fingerprint density at radius 2 is 1.83 bits per heavy atom. The molecule has 0 aromatic rings. The molecular weight excluding hydrogens is 288 g/mol. The fourth-order valence-corrected chi connectivity index (χ4v) is 4.12. The molecule has 2 saturated heterocycles. The van der Waals surface area contributed by atoms with Crippen LogP contribution in [0.2, 0.25) is 0 Å². The minimum Gasteiger partial charge on any atom is -0.390 e. The predicted octanol–water partition coefficient (Wildman–Crippen LogP) is 4.16. The first-order chi connectivity index (χ1) is 10.8. The highest BCUT2D eigenvalue weighted by Crippen LogP contribution is 2.47. The van der Waals surface area contributed by atoms with Crippen LogP contribution in [0, 0.1) is 5.92 Å². The quantitative estimate of drug-likeness (QED) is 0.583. The van der Waals surface area contributed by atoms with E-state index >= 15 is 0 Å². The van der Waals surface area contributed by atoms with Gasteiger partial charge in [0, 0.05) is 5.92 Å². The van der Waals surface area contributed by atoms with E-state index in [1.54, 1.807) is 0 Å². The van der Waals surface area contributed by atoms with E-state index in [1.165, 1.54) is 11.1 Å². The second-order valence-electron chi connectivity index (χ2n) is 8.30. The fraction of sp³-hybridized carbons (Fsp3) is 0.800. The number of fused-ring (bicyclic) bond motifs is 2. The van der Waals surface area contributed by atoms with Gasteiger partial charge in [-0.05, 0) is 66.2 Å². The maximum absolute atomic E-state index is 10.7. The average molecular weight is 320 g/mol. The first-order valence-electron chi connectivity index (χ1n) is 9.15. The van der Waals surface area contributed by atoms with Crippen LogP contribution >= 0.6 is 0 Å². The number of hydrogen-bond donors (Lipinski definition) is 1. The highest BCUT2D eigenvalue weighted by molar-refractivity contribution is 5.14. The molecule has 3 nitrogen and oxygen atoms in total. The van der Waals surface area contributed by atoms with Crippen molar-refractivity contribution >= 4 is 0 Å². The molecule has 1 N–H and O–H groups in total. The van der Waals surface area contributed by atoms with E-state index in [9.17, 15) is 5.11 Å². The van der Waals surface area contributed by atoms with E-state index in [1.807, 2.05) is 0 Å². The summed E-state index contributed by atoms with van der Waals surface area (Å²) in [5.41, 5.74) is 2.29. The van der Waals surface area contributed by atoms with Crippen molar-refractivity contribution in [2.75, 3.05) is 6.61 Å². The number of aliphatic hydroxyl groups is 1. The van der Waals surface area contributed by atoms with Crippen LogP contribution in [-0.2, 0) is 9.47 Å². The van der Waals surface area contributed by atoms with Crippen LogP contribution in [0.25, 0.3) is 0 Å². The van der Waals surface area contributed by atoms with Gasteiger partial charge in [-0.15, -0.1) is 0 Å². The Bertz CT molecular complexity index is 503. The number of rotatable bonds is 1. The van der Waals surface area contributed by atoms with Gasteiger partial charge in [-0.3, -0.25) is 0 Å². The molecule has 0 aliphatic carbocycles. The van der Waals surface area contributed by atoms with Crippen LogP contribution in [0.1, 0.15) is 66.2 Å². The van der Waals surface area contributed by atoms with Gasteiger partial charge in [0.1, 0.15) is 0 Å². The lowest BCUT2D eigenvalue weighted by molar-refractivity contribution is -0.185. The Kier molecular flexibility index (Phi) is 4.74. The van der Waals surface area contributed by atoms with Crippen LogP contribution in [-0.4, -0.2) is 35.1 Å². The number of aliphatic hydroxyl groups excluding tert-OH is 1. The van der Waals surface area contributed by atoms with Gasteiger partial charge in [0.2, 0.25) is 0 Å². The van der Waals surface area contributed by atoms with Crippen LogP contribution in [0.3, 0.4) is 0 Å². The van der Waals surface area contributed by atoms with Gasteiger partial charge in [0.25, 0.3) is 0 Å². The minimum absolute atomic E-state index is 0.0265. The predicted molar refractivity (Wildman–Crippen MR) is 92.3 cm³/mol. The van der Waals surface area contributed by atoms with Crippen molar-refractivity contribution in [3.63, 3.8) is 0 Å². The van der Waals surface area contributed by atoms with Crippen LogP contribution in [0.5, 0.6) is 0 Å². The molecule has 0 saturated carbocycles. The normalized spacial score (nSPS) is 49.9. The molecular formula is C20H32O3. The number of ether oxygens (including phenoxy) is 2. The maximum atomic E-state index is 10.7. The second kappa shape index (κ2) is 6.34. The minimum atomic E-state index is -0.442. The first kappa shape index (κ1) is 17.2. The molecule has 2 bridgehead atoms. The molecule has 0 aromatic heterocycles. The summed E-state index contributed by atoms with van der Waals surface area (Å²) in [6.45, 7) is 9.50. The standard InChI is InChI=1S/C20H32O3/c1-14-6-5-7-15(2)12-17-16(20(4)13-22-20)10-11-19(3,23-17)18(21)9-8-14/h6,12,16-18,21H,5,7-11,13H2,1-4H3/b14-6+,15-12+/t16-,17+,18-,19+,20+/m0/s1. The van der Waals surface area contributed by atoms with Crippen molar-refractivity contribution in [1.29, 1.82) is 0 Å². The third-order valence-electron chi connectivity index (χ3n) is 6.13. The summed E-state index contributed by atoms with van der Waals surface area (Å²) >= 11 is 0. The lowest BCUT2D eigenvalue weighted by atomic mass is 9.76. The lowest BCUT2D eigenvalue weighted by Crippen LogP contribution is -2.52. The van der Waals surface area contributed by atoms with Crippen molar-refractivity contribution in [1.82, 2.24) is 0 Å². The highest BCUT2D eigenvalue weighted by atomic mass is 16.6. The van der Waals surface area contributed by atoms with Crippen molar-refractivity contribution in [3.8, 4) is 0 Å².